The lowest BCUT2D eigenvalue weighted by Crippen LogP contribution is -2.35. The Morgan fingerprint density at radius 3 is 2.40 bits per heavy atom. The molecule has 0 spiro atoms. The zero-order chi connectivity index (χ0) is 21.9. The highest BCUT2D eigenvalue weighted by Crippen LogP contribution is 2.23. The Labute approximate surface area is 178 Å². The number of hydrogen-bond donors (Lipinski definition) is 1. The Morgan fingerprint density at radius 2 is 1.77 bits per heavy atom. The van der Waals surface area contributed by atoms with Crippen LogP contribution in [0.4, 0.5) is 5.69 Å². The Balaban J connectivity index is 1.80. The first-order chi connectivity index (χ1) is 14.3. The van der Waals surface area contributed by atoms with Gasteiger partial charge in [-0.1, -0.05) is 0 Å². The second-order valence-electron chi connectivity index (χ2n) is 7.42. The SMILES string of the molecule is CNS(=O)(=O)c1cc(C(=O)N2CCCN(c3ccc(C#N)cc3)CC2)cc(C)c1C. The molecule has 2 aromatic carbocycles. The maximum absolute atomic E-state index is 13.2. The number of carbonyl (C=O) groups excluding carboxylic acids is 1. The molecule has 1 heterocycles. The zero-order valence-corrected chi connectivity index (χ0v) is 18.3. The quantitative estimate of drug-likeness (QED) is 0.810. The maximum Gasteiger partial charge on any atom is 0.253 e. The molecule has 1 aliphatic rings. The molecule has 1 fully saturated rings. The highest BCUT2D eigenvalue weighted by molar-refractivity contribution is 7.89. The number of nitrogens with one attached hydrogen (secondary N) is 1. The van der Waals surface area contributed by atoms with Crippen molar-refractivity contribution in [1.29, 1.82) is 5.26 Å². The van der Waals surface area contributed by atoms with Gasteiger partial charge in [0.15, 0.2) is 0 Å². The first-order valence-electron chi connectivity index (χ1n) is 9.86. The number of nitrogens with zero attached hydrogens (tertiary/aromatic N) is 3. The Morgan fingerprint density at radius 1 is 1.07 bits per heavy atom. The molecular weight excluding hydrogens is 400 g/mol. The van der Waals surface area contributed by atoms with Crippen molar-refractivity contribution in [3.8, 4) is 6.07 Å². The molecule has 3 rings (SSSR count). The largest absolute Gasteiger partial charge is 0.370 e. The normalized spacial score (nSPS) is 14.9. The number of hydrogen-bond acceptors (Lipinski definition) is 5. The smallest absolute Gasteiger partial charge is 0.253 e. The van der Waals surface area contributed by atoms with E-state index in [1.807, 2.05) is 19.1 Å². The maximum atomic E-state index is 13.2. The lowest BCUT2D eigenvalue weighted by molar-refractivity contribution is 0.0766. The molecule has 7 nitrogen and oxygen atoms in total. The number of carbonyl (C=O) groups is 1. The molecule has 1 N–H and O–H groups in total. The lowest BCUT2D eigenvalue weighted by Gasteiger charge is -2.24. The summed E-state index contributed by atoms with van der Waals surface area (Å²) in [6.07, 6.45) is 0.804. The summed E-state index contributed by atoms with van der Waals surface area (Å²) in [6.45, 7) is 6.18. The zero-order valence-electron chi connectivity index (χ0n) is 17.5. The summed E-state index contributed by atoms with van der Waals surface area (Å²) in [6, 6.07) is 12.8. The van der Waals surface area contributed by atoms with Gasteiger partial charge in [0, 0.05) is 37.4 Å². The van der Waals surface area contributed by atoms with Crippen molar-refractivity contribution in [3.63, 3.8) is 0 Å². The predicted octanol–water partition coefficient (Wildman–Crippen LogP) is 2.44. The highest BCUT2D eigenvalue weighted by atomic mass is 32.2. The third kappa shape index (κ3) is 4.48. The van der Waals surface area contributed by atoms with Gasteiger partial charge in [-0.15, -0.1) is 0 Å². The number of benzene rings is 2. The number of sulfonamides is 1. The van der Waals surface area contributed by atoms with Gasteiger partial charge in [-0.2, -0.15) is 5.26 Å². The van der Waals surface area contributed by atoms with Crippen LogP contribution in [0.15, 0.2) is 41.3 Å². The van der Waals surface area contributed by atoms with Gasteiger partial charge < -0.3 is 9.80 Å². The monoisotopic (exact) mass is 426 g/mol. The number of nitriles is 1. The second-order valence-corrected chi connectivity index (χ2v) is 9.27. The third-order valence-electron chi connectivity index (χ3n) is 5.57. The topological polar surface area (TPSA) is 93.5 Å². The molecule has 0 radical (unpaired) electrons. The average molecular weight is 427 g/mol. The molecule has 0 aromatic heterocycles. The van der Waals surface area contributed by atoms with Crippen molar-refractivity contribution < 1.29 is 13.2 Å². The number of aryl methyl sites for hydroxylation is 1. The van der Waals surface area contributed by atoms with E-state index in [4.69, 9.17) is 5.26 Å². The predicted molar refractivity (Wildman–Crippen MR) is 116 cm³/mol. The van der Waals surface area contributed by atoms with Crippen molar-refractivity contribution >= 4 is 21.6 Å². The van der Waals surface area contributed by atoms with Crippen molar-refractivity contribution in [2.45, 2.75) is 25.2 Å². The van der Waals surface area contributed by atoms with Crippen LogP contribution in [0.3, 0.4) is 0 Å². The van der Waals surface area contributed by atoms with Crippen LogP contribution in [0.25, 0.3) is 0 Å². The van der Waals surface area contributed by atoms with Crippen LogP contribution >= 0.6 is 0 Å². The fraction of sp³-hybridized carbons (Fsp3) is 0.364. The molecule has 1 amide bonds. The molecule has 0 unspecified atom stereocenters. The molecule has 2 aromatic rings. The fourth-order valence-corrected chi connectivity index (χ4v) is 4.71. The lowest BCUT2D eigenvalue weighted by atomic mass is 10.1. The van der Waals surface area contributed by atoms with Gasteiger partial charge in [-0.25, -0.2) is 13.1 Å². The first-order valence-corrected chi connectivity index (χ1v) is 11.3. The van der Waals surface area contributed by atoms with E-state index in [0.717, 1.165) is 24.2 Å². The van der Waals surface area contributed by atoms with Crippen molar-refractivity contribution in [2.75, 3.05) is 38.1 Å². The molecule has 158 valence electrons. The molecule has 0 saturated carbocycles. The minimum atomic E-state index is -3.65. The Bertz CT molecular complexity index is 1090. The van der Waals surface area contributed by atoms with Gasteiger partial charge in [0.1, 0.15) is 0 Å². The van der Waals surface area contributed by atoms with Crippen molar-refractivity contribution in [1.82, 2.24) is 9.62 Å². The molecule has 0 bridgehead atoms. The van der Waals surface area contributed by atoms with E-state index < -0.39 is 10.0 Å². The first kappa shape index (κ1) is 21.8. The van der Waals surface area contributed by atoms with Crippen molar-refractivity contribution in [2.24, 2.45) is 0 Å². The van der Waals surface area contributed by atoms with Crippen LogP contribution in [0.5, 0.6) is 0 Å². The minimum absolute atomic E-state index is 0.141. The van der Waals surface area contributed by atoms with E-state index in [9.17, 15) is 13.2 Å². The summed E-state index contributed by atoms with van der Waals surface area (Å²) in [5.41, 5.74) is 3.44. The van der Waals surface area contributed by atoms with E-state index in [1.54, 1.807) is 30.0 Å². The van der Waals surface area contributed by atoms with Gasteiger partial charge in [0.05, 0.1) is 16.5 Å². The van der Waals surface area contributed by atoms with E-state index in [0.29, 0.717) is 36.3 Å². The number of rotatable bonds is 4. The molecule has 0 atom stereocenters. The number of anilines is 1. The average Bonchev–Trinajstić information content (AvgIpc) is 3.01. The van der Waals surface area contributed by atoms with Gasteiger partial charge in [-0.05, 0) is 74.8 Å². The molecular formula is C22H26N4O3S. The highest BCUT2D eigenvalue weighted by Gasteiger charge is 2.24. The Kier molecular flexibility index (Phi) is 6.44. The standard InChI is InChI=1S/C22H26N4O3S/c1-16-13-19(14-21(17(16)2)30(28,29)24-3)22(27)26-10-4-9-25(11-12-26)20-7-5-18(15-23)6-8-20/h5-8,13-14,24H,4,9-12H2,1-3H3. The van der Waals surface area contributed by atoms with E-state index in [2.05, 4.69) is 15.7 Å². The summed E-state index contributed by atoms with van der Waals surface area (Å²) in [5.74, 6) is -0.160. The summed E-state index contributed by atoms with van der Waals surface area (Å²) in [5, 5.41) is 8.96. The summed E-state index contributed by atoms with van der Waals surface area (Å²) >= 11 is 0. The van der Waals surface area contributed by atoms with Gasteiger partial charge in [0.25, 0.3) is 5.91 Å². The molecule has 1 saturated heterocycles. The van der Waals surface area contributed by atoms with E-state index >= 15 is 0 Å². The van der Waals surface area contributed by atoms with E-state index in [-0.39, 0.29) is 10.8 Å². The molecule has 1 aliphatic heterocycles. The fourth-order valence-electron chi connectivity index (χ4n) is 3.65. The van der Waals surface area contributed by atoms with Crippen LogP contribution in [-0.2, 0) is 10.0 Å². The molecule has 30 heavy (non-hydrogen) atoms. The van der Waals surface area contributed by atoms with Crippen LogP contribution in [0.2, 0.25) is 0 Å². The Hall–Kier alpha value is -2.89. The minimum Gasteiger partial charge on any atom is -0.370 e. The molecule has 8 heteroatoms. The third-order valence-corrected chi connectivity index (χ3v) is 7.11. The second kappa shape index (κ2) is 8.86. The van der Waals surface area contributed by atoms with Crippen LogP contribution in [0.1, 0.15) is 33.5 Å². The van der Waals surface area contributed by atoms with Crippen LogP contribution in [-0.4, -0.2) is 52.5 Å². The molecule has 0 aliphatic carbocycles. The van der Waals surface area contributed by atoms with Gasteiger partial charge in [-0.3, -0.25) is 4.79 Å². The van der Waals surface area contributed by atoms with Gasteiger partial charge in [0.2, 0.25) is 10.0 Å². The van der Waals surface area contributed by atoms with Crippen LogP contribution < -0.4 is 9.62 Å². The van der Waals surface area contributed by atoms with E-state index in [1.165, 1.54) is 13.1 Å². The summed E-state index contributed by atoms with van der Waals surface area (Å²) in [4.78, 5) is 17.3. The van der Waals surface area contributed by atoms with Crippen LogP contribution in [0, 0.1) is 25.2 Å². The van der Waals surface area contributed by atoms with Gasteiger partial charge >= 0.3 is 0 Å². The summed E-state index contributed by atoms with van der Waals surface area (Å²) in [7, 11) is -2.28. The van der Waals surface area contributed by atoms with Crippen molar-refractivity contribution in [3.05, 3.63) is 58.7 Å². The number of amides is 1. The summed E-state index contributed by atoms with van der Waals surface area (Å²) < 4.78 is 27.1.